The second-order valence-corrected chi connectivity index (χ2v) is 7.04. The molecule has 29 heavy (non-hydrogen) atoms. The van der Waals surface area contributed by atoms with Crippen molar-refractivity contribution in [3.8, 4) is 16.9 Å². The molecule has 0 bridgehead atoms. The minimum absolute atomic E-state index is 0.0673. The van der Waals surface area contributed by atoms with Crippen molar-refractivity contribution in [3.63, 3.8) is 0 Å². The van der Waals surface area contributed by atoms with Gasteiger partial charge in [0.05, 0.1) is 29.5 Å². The van der Waals surface area contributed by atoms with Crippen molar-refractivity contribution in [2.75, 3.05) is 0 Å². The molecule has 1 N–H and O–H groups in total. The first-order chi connectivity index (χ1) is 14.1. The lowest BCUT2D eigenvalue weighted by Crippen LogP contribution is -2.00. The molecular formula is C22H18FN5O. The summed E-state index contributed by atoms with van der Waals surface area (Å²) in [4.78, 5) is 3.78. The van der Waals surface area contributed by atoms with Gasteiger partial charge >= 0.3 is 0 Å². The first-order valence-electron chi connectivity index (χ1n) is 9.23. The summed E-state index contributed by atoms with van der Waals surface area (Å²) in [6, 6.07) is 12.8. The van der Waals surface area contributed by atoms with E-state index in [9.17, 15) is 9.50 Å². The summed E-state index contributed by atoms with van der Waals surface area (Å²) in [7, 11) is 1.89. The fourth-order valence-electron chi connectivity index (χ4n) is 3.83. The number of nitrogens with zero attached hydrogens (tertiary/aromatic N) is 5. The minimum atomic E-state index is -0.543. The van der Waals surface area contributed by atoms with Crippen molar-refractivity contribution in [2.45, 2.75) is 13.5 Å². The third-order valence-electron chi connectivity index (χ3n) is 5.26. The number of hydrogen-bond donors (Lipinski definition) is 1. The van der Waals surface area contributed by atoms with Crippen molar-refractivity contribution >= 4 is 21.8 Å². The van der Waals surface area contributed by atoms with E-state index in [1.807, 2.05) is 50.5 Å². The number of aryl methyl sites for hydroxylation is 2. The highest BCUT2D eigenvalue weighted by Gasteiger charge is 2.19. The maximum Gasteiger partial charge on any atom is 0.212 e. The zero-order chi connectivity index (χ0) is 20.1. The molecule has 7 heteroatoms. The van der Waals surface area contributed by atoms with E-state index in [2.05, 4.69) is 10.1 Å². The first-order valence-corrected chi connectivity index (χ1v) is 9.23. The van der Waals surface area contributed by atoms with Crippen LogP contribution in [0.4, 0.5) is 4.39 Å². The third-order valence-corrected chi connectivity index (χ3v) is 5.26. The van der Waals surface area contributed by atoms with Crippen molar-refractivity contribution in [1.29, 1.82) is 0 Å². The molecule has 6 nitrogen and oxygen atoms in total. The van der Waals surface area contributed by atoms with Crippen molar-refractivity contribution in [1.82, 2.24) is 24.5 Å². The molecule has 144 valence electrons. The van der Waals surface area contributed by atoms with Gasteiger partial charge < -0.3 is 5.11 Å². The fraction of sp³-hybridized carbons (Fsp3) is 0.136. The number of fused-ring (bicyclic) bond motifs is 2. The average molecular weight is 387 g/mol. The molecule has 0 fully saturated rings. The van der Waals surface area contributed by atoms with Gasteiger partial charge in [0.1, 0.15) is 5.69 Å². The minimum Gasteiger partial charge on any atom is -0.392 e. The molecule has 0 aliphatic heterocycles. The Balaban J connectivity index is 1.87. The summed E-state index contributed by atoms with van der Waals surface area (Å²) in [5, 5.41) is 21.1. The van der Waals surface area contributed by atoms with E-state index < -0.39 is 5.95 Å². The highest BCUT2D eigenvalue weighted by molar-refractivity contribution is 6.03. The highest BCUT2D eigenvalue weighted by atomic mass is 19.1. The van der Waals surface area contributed by atoms with Crippen LogP contribution in [0.2, 0.25) is 0 Å². The lowest BCUT2D eigenvalue weighted by Gasteiger charge is -2.08. The van der Waals surface area contributed by atoms with Crippen LogP contribution in [0.15, 0.2) is 54.9 Å². The predicted octanol–water partition coefficient (Wildman–Crippen LogP) is 3.91. The lowest BCUT2D eigenvalue weighted by atomic mass is 10.0. The molecule has 0 amide bonds. The number of hydrogen-bond acceptors (Lipinski definition) is 4. The number of halogens is 1. The summed E-state index contributed by atoms with van der Waals surface area (Å²) in [5.41, 5.74) is 5.91. The number of aliphatic hydroxyl groups is 1. The molecule has 0 unspecified atom stereocenters. The number of aliphatic hydroxyl groups excluding tert-OH is 1. The van der Waals surface area contributed by atoms with Gasteiger partial charge in [-0.3, -0.25) is 4.68 Å². The Morgan fingerprint density at radius 2 is 1.90 bits per heavy atom. The van der Waals surface area contributed by atoms with Crippen LogP contribution in [-0.4, -0.2) is 29.7 Å². The molecule has 0 atom stereocenters. The summed E-state index contributed by atoms with van der Waals surface area (Å²) < 4.78 is 16.9. The molecule has 5 aromatic rings. The molecule has 3 heterocycles. The standard InChI is InChI=1S/C22H18FN5O/c1-13-14(12-29)6-8-17-21(16-4-3-5-19-18(16)11-27(2)25-19)26-28(22(13)17)15-7-9-20(23)24-10-15/h3-11,29H,12H2,1-2H3. The molecule has 0 saturated carbocycles. The van der Waals surface area contributed by atoms with E-state index in [1.54, 1.807) is 15.4 Å². The maximum atomic E-state index is 13.4. The van der Waals surface area contributed by atoms with Crippen LogP contribution in [0.25, 0.3) is 38.8 Å². The van der Waals surface area contributed by atoms with Crippen LogP contribution in [0.3, 0.4) is 0 Å². The van der Waals surface area contributed by atoms with Crippen LogP contribution in [0.5, 0.6) is 0 Å². The quantitative estimate of drug-likeness (QED) is 0.477. The normalized spacial score (nSPS) is 11.6. The zero-order valence-corrected chi connectivity index (χ0v) is 16.0. The SMILES string of the molecule is Cc1c(CO)ccc2c(-c3cccc4nn(C)cc34)nn(-c3ccc(F)nc3)c12. The largest absolute Gasteiger partial charge is 0.392 e. The Hall–Kier alpha value is -3.58. The Morgan fingerprint density at radius 1 is 1.03 bits per heavy atom. The van der Waals surface area contributed by atoms with Crippen LogP contribution in [0.1, 0.15) is 11.1 Å². The van der Waals surface area contributed by atoms with Gasteiger partial charge in [-0.1, -0.05) is 24.3 Å². The van der Waals surface area contributed by atoms with Crippen molar-refractivity contribution in [2.24, 2.45) is 7.05 Å². The van der Waals surface area contributed by atoms with Gasteiger partial charge in [0.15, 0.2) is 0 Å². The summed E-state index contributed by atoms with van der Waals surface area (Å²) in [5.74, 6) is -0.543. The maximum absolute atomic E-state index is 13.4. The van der Waals surface area contributed by atoms with Crippen molar-refractivity contribution in [3.05, 3.63) is 71.9 Å². The van der Waals surface area contributed by atoms with Gasteiger partial charge in [-0.2, -0.15) is 14.6 Å². The van der Waals surface area contributed by atoms with E-state index in [4.69, 9.17) is 5.10 Å². The molecule has 0 saturated heterocycles. The summed E-state index contributed by atoms with van der Waals surface area (Å²) >= 11 is 0. The molecular weight excluding hydrogens is 369 g/mol. The molecule has 0 aliphatic rings. The molecule has 2 aromatic carbocycles. The fourth-order valence-corrected chi connectivity index (χ4v) is 3.83. The first kappa shape index (κ1) is 17.5. The number of aromatic nitrogens is 5. The van der Waals surface area contributed by atoms with E-state index in [-0.39, 0.29) is 6.61 Å². The molecule has 0 spiro atoms. The molecule has 0 radical (unpaired) electrons. The topological polar surface area (TPSA) is 68.8 Å². The van der Waals surface area contributed by atoms with Crippen LogP contribution >= 0.6 is 0 Å². The van der Waals surface area contributed by atoms with E-state index in [0.717, 1.165) is 44.2 Å². The Labute approximate surface area is 165 Å². The van der Waals surface area contributed by atoms with Gasteiger partial charge in [0, 0.05) is 29.6 Å². The summed E-state index contributed by atoms with van der Waals surface area (Å²) in [6.07, 6.45) is 3.44. The molecule has 0 aliphatic carbocycles. The van der Waals surface area contributed by atoms with Crippen molar-refractivity contribution < 1.29 is 9.50 Å². The van der Waals surface area contributed by atoms with Gasteiger partial charge in [0.2, 0.25) is 5.95 Å². The van der Waals surface area contributed by atoms with E-state index >= 15 is 0 Å². The Kier molecular flexibility index (Phi) is 3.92. The van der Waals surface area contributed by atoms with Crippen LogP contribution in [0, 0.1) is 12.9 Å². The van der Waals surface area contributed by atoms with Crippen LogP contribution in [-0.2, 0) is 13.7 Å². The van der Waals surface area contributed by atoms with Gasteiger partial charge in [0.25, 0.3) is 0 Å². The van der Waals surface area contributed by atoms with Crippen LogP contribution < -0.4 is 0 Å². The lowest BCUT2D eigenvalue weighted by molar-refractivity contribution is 0.281. The second-order valence-electron chi connectivity index (χ2n) is 7.04. The average Bonchev–Trinajstić information content (AvgIpc) is 3.29. The van der Waals surface area contributed by atoms with E-state index in [0.29, 0.717) is 5.69 Å². The second kappa shape index (κ2) is 6.49. The molecule has 3 aromatic heterocycles. The number of rotatable bonds is 3. The van der Waals surface area contributed by atoms with Gasteiger partial charge in [-0.15, -0.1) is 0 Å². The smallest absolute Gasteiger partial charge is 0.212 e. The van der Waals surface area contributed by atoms with Gasteiger partial charge in [-0.25, -0.2) is 9.67 Å². The predicted molar refractivity (Wildman–Crippen MR) is 109 cm³/mol. The monoisotopic (exact) mass is 387 g/mol. The summed E-state index contributed by atoms with van der Waals surface area (Å²) in [6.45, 7) is 1.89. The molecule has 5 rings (SSSR count). The van der Waals surface area contributed by atoms with Gasteiger partial charge in [-0.05, 0) is 36.2 Å². The number of benzene rings is 2. The van der Waals surface area contributed by atoms with E-state index in [1.165, 1.54) is 12.3 Å². The Bertz CT molecular complexity index is 1370. The zero-order valence-electron chi connectivity index (χ0n) is 16.0. The Morgan fingerprint density at radius 3 is 2.66 bits per heavy atom. The number of pyridine rings is 1. The third kappa shape index (κ3) is 2.70. The highest BCUT2D eigenvalue weighted by Crippen LogP contribution is 2.36.